The van der Waals surface area contributed by atoms with Gasteiger partial charge in [0.25, 0.3) is 0 Å². The molecule has 0 unspecified atom stereocenters. The first-order valence-electron chi connectivity index (χ1n) is 9.00. The third-order valence-corrected chi connectivity index (χ3v) is 5.75. The molecule has 0 bridgehead atoms. The molecule has 4 rings (SSSR count). The summed E-state index contributed by atoms with van der Waals surface area (Å²) in [6.45, 7) is 4.92. The molecule has 6 nitrogen and oxygen atoms in total. The zero-order valence-corrected chi connectivity index (χ0v) is 18.5. The van der Waals surface area contributed by atoms with Crippen molar-refractivity contribution < 1.29 is 0 Å². The Morgan fingerprint density at radius 2 is 2.11 bits per heavy atom. The molecule has 1 saturated heterocycles. The quantitative estimate of drug-likeness (QED) is 0.331. The predicted octanol–water partition coefficient (Wildman–Crippen LogP) is 3.18. The number of pyridine rings is 1. The fourth-order valence-electron chi connectivity index (χ4n) is 3.45. The van der Waals surface area contributed by atoms with E-state index < -0.39 is 0 Å². The van der Waals surface area contributed by atoms with Crippen LogP contribution in [0.5, 0.6) is 0 Å². The lowest BCUT2D eigenvalue weighted by atomic mass is 10.1. The van der Waals surface area contributed by atoms with Gasteiger partial charge in [0.1, 0.15) is 5.65 Å². The highest BCUT2D eigenvalue weighted by Gasteiger charge is 2.20. The first kappa shape index (κ1) is 19.9. The lowest BCUT2D eigenvalue weighted by molar-refractivity contribution is 0.374. The third kappa shape index (κ3) is 4.55. The van der Waals surface area contributed by atoms with Crippen LogP contribution in [0, 0.1) is 0 Å². The molecule has 0 aliphatic carbocycles. The highest BCUT2D eigenvalue weighted by molar-refractivity contribution is 14.0. The second-order valence-electron chi connectivity index (χ2n) is 6.36. The number of fused-ring (bicyclic) bond motifs is 1. The molecule has 8 heteroatoms. The van der Waals surface area contributed by atoms with Gasteiger partial charge in [-0.15, -0.1) is 35.3 Å². The van der Waals surface area contributed by atoms with Gasteiger partial charge in [0.05, 0.1) is 5.00 Å². The molecule has 0 amide bonds. The molecular weight excluding hydrogens is 471 g/mol. The zero-order chi connectivity index (χ0) is 17.8. The van der Waals surface area contributed by atoms with Crippen molar-refractivity contribution in [1.82, 2.24) is 20.2 Å². The van der Waals surface area contributed by atoms with Gasteiger partial charge in [-0.25, -0.2) is 4.98 Å². The summed E-state index contributed by atoms with van der Waals surface area (Å²) in [4.78, 5) is 16.9. The number of nitrogens with zero attached hydrogens (tertiary/aromatic N) is 4. The molecular formula is C19H25IN6S. The smallest absolute Gasteiger partial charge is 0.193 e. The summed E-state index contributed by atoms with van der Waals surface area (Å²) in [7, 11) is 1.86. The minimum absolute atomic E-state index is 0. The number of aromatic amines is 1. The number of hydrogen-bond acceptors (Lipinski definition) is 4. The molecule has 0 radical (unpaired) electrons. The summed E-state index contributed by atoms with van der Waals surface area (Å²) in [6.07, 6.45) is 4.82. The van der Waals surface area contributed by atoms with E-state index in [1.54, 1.807) is 0 Å². The summed E-state index contributed by atoms with van der Waals surface area (Å²) < 4.78 is 0. The van der Waals surface area contributed by atoms with Crippen LogP contribution in [0.1, 0.15) is 5.56 Å². The van der Waals surface area contributed by atoms with Crippen molar-refractivity contribution in [3.63, 3.8) is 0 Å². The Kier molecular flexibility index (Phi) is 6.95. The highest BCUT2D eigenvalue weighted by atomic mass is 127. The molecule has 0 atom stereocenters. The number of guanidine groups is 1. The molecule has 3 aromatic rings. The molecule has 1 aliphatic rings. The number of piperazine rings is 1. The van der Waals surface area contributed by atoms with Crippen molar-refractivity contribution in [2.24, 2.45) is 4.99 Å². The molecule has 3 aromatic heterocycles. The number of aliphatic imine (C=N–C) groups is 1. The van der Waals surface area contributed by atoms with Crippen LogP contribution in [0.2, 0.25) is 0 Å². The molecule has 2 N–H and O–H groups in total. The normalized spacial score (nSPS) is 15.1. The fourth-order valence-corrected chi connectivity index (χ4v) is 4.23. The molecule has 1 aliphatic heterocycles. The number of rotatable bonds is 4. The van der Waals surface area contributed by atoms with Gasteiger partial charge in [0, 0.05) is 57.6 Å². The summed E-state index contributed by atoms with van der Waals surface area (Å²) in [6, 6.07) is 8.42. The fraction of sp³-hybridized carbons (Fsp3) is 0.368. The molecule has 1 fully saturated rings. The van der Waals surface area contributed by atoms with E-state index in [2.05, 4.69) is 59.9 Å². The van der Waals surface area contributed by atoms with Crippen LogP contribution >= 0.6 is 35.3 Å². The maximum Gasteiger partial charge on any atom is 0.193 e. The average molecular weight is 496 g/mol. The first-order chi connectivity index (χ1) is 12.8. The number of halogens is 1. The maximum atomic E-state index is 4.48. The minimum Gasteiger partial charge on any atom is -0.360 e. The Morgan fingerprint density at radius 1 is 1.26 bits per heavy atom. The standard InChI is InChI=1S/C19H24N6S.HI/c1-20-19(25-11-9-24(10-12-25)17-5-3-13-26-17)22-8-6-15-14-23-18-16(15)4-2-7-21-18;/h2-5,7,13-14H,6,8-12H2,1H3,(H,20,22)(H,21,23);1H. The van der Waals surface area contributed by atoms with E-state index in [0.717, 1.165) is 50.8 Å². The maximum absolute atomic E-state index is 4.48. The Hall–Kier alpha value is -1.81. The van der Waals surface area contributed by atoms with Gasteiger partial charge in [-0.05, 0) is 41.6 Å². The van der Waals surface area contributed by atoms with Crippen molar-refractivity contribution in [2.45, 2.75) is 6.42 Å². The van der Waals surface area contributed by atoms with Gasteiger partial charge < -0.3 is 20.1 Å². The van der Waals surface area contributed by atoms with Crippen molar-refractivity contribution in [2.75, 3.05) is 44.7 Å². The molecule has 4 heterocycles. The molecule has 0 aromatic carbocycles. The van der Waals surface area contributed by atoms with Crippen LogP contribution < -0.4 is 10.2 Å². The van der Waals surface area contributed by atoms with Crippen molar-refractivity contribution >= 4 is 57.3 Å². The highest BCUT2D eigenvalue weighted by Crippen LogP contribution is 2.22. The van der Waals surface area contributed by atoms with Crippen LogP contribution in [0.15, 0.2) is 47.0 Å². The van der Waals surface area contributed by atoms with E-state index in [9.17, 15) is 0 Å². The topological polar surface area (TPSA) is 59.6 Å². The van der Waals surface area contributed by atoms with Crippen LogP contribution in [0.25, 0.3) is 11.0 Å². The van der Waals surface area contributed by atoms with E-state index in [4.69, 9.17) is 0 Å². The van der Waals surface area contributed by atoms with Crippen LogP contribution in [0.3, 0.4) is 0 Å². The average Bonchev–Trinajstić information content (AvgIpc) is 3.36. The van der Waals surface area contributed by atoms with E-state index >= 15 is 0 Å². The first-order valence-corrected chi connectivity index (χ1v) is 9.88. The van der Waals surface area contributed by atoms with Gasteiger partial charge in [0.15, 0.2) is 5.96 Å². The number of nitrogens with one attached hydrogen (secondary N) is 2. The second-order valence-corrected chi connectivity index (χ2v) is 7.29. The van der Waals surface area contributed by atoms with Crippen LogP contribution in [-0.4, -0.2) is 60.6 Å². The number of hydrogen-bond donors (Lipinski definition) is 2. The molecule has 0 spiro atoms. The summed E-state index contributed by atoms with van der Waals surface area (Å²) >= 11 is 1.81. The van der Waals surface area contributed by atoms with Crippen molar-refractivity contribution in [3.8, 4) is 0 Å². The third-order valence-electron chi connectivity index (χ3n) is 4.82. The van der Waals surface area contributed by atoms with Crippen molar-refractivity contribution in [1.29, 1.82) is 0 Å². The van der Waals surface area contributed by atoms with Gasteiger partial charge >= 0.3 is 0 Å². The summed E-state index contributed by atoms with van der Waals surface area (Å²) in [5.41, 5.74) is 2.25. The lowest BCUT2D eigenvalue weighted by Gasteiger charge is -2.37. The van der Waals surface area contributed by atoms with Crippen LogP contribution in [-0.2, 0) is 6.42 Å². The molecule has 0 saturated carbocycles. The van der Waals surface area contributed by atoms with E-state index in [1.165, 1.54) is 16.0 Å². The predicted molar refractivity (Wildman–Crippen MR) is 125 cm³/mol. The van der Waals surface area contributed by atoms with Crippen molar-refractivity contribution in [3.05, 3.63) is 47.6 Å². The molecule has 144 valence electrons. The lowest BCUT2D eigenvalue weighted by Crippen LogP contribution is -2.52. The Bertz CT molecular complexity index is 867. The summed E-state index contributed by atoms with van der Waals surface area (Å²) in [5, 5.41) is 8.22. The van der Waals surface area contributed by atoms with Gasteiger partial charge in [-0.3, -0.25) is 4.99 Å². The second kappa shape index (κ2) is 9.41. The zero-order valence-electron chi connectivity index (χ0n) is 15.4. The number of H-pyrrole nitrogens is 1. The minimum atomic E-state index is 0. The van der Waals surface area contributed by atoms with E-state index in [-0.39, 0.29) is 24.0 Å². The Balaban J connectivity index is 0.00000210. The monoisotopic (exact) mass is 496 g/mol. The van der Waals surface area contributed by atoms with Gasteiger partial charge in [-0.2, -0.15) is 0 Å². The number of anilines is 1. The Labute approximate surface area is 180 Å². The SMILES string of the molecule is CN=C(NCCc1c[nH]c2ncccc12)N1CCN(c2cccs2)CC1.I. The van der Waals surface area contributed by atoms with E-state index in [0.29, 0.717) is 0 Å². The molecule has 27 heavy (non-hydrogen) atoms. The summed E-state index contributed by atoms with van der Waals surface area (Å²) in [5.74, 6) is 0.994. The van der Waals surface area contributed by atoms with Gasteiger partial charge in [0.2, 0.25) is 0 Å². The number of thiophene rings is 1. The number of aromatic nitrogens is 2. The van der Waals surface area contributed by atoms with E-state index in [1.807, 2.05) is 30.6 Å². The van der Waals surface area contributed by atoms with Gasteiger partial charge in [-0.1, -0.05) is 0 Å². The van der Waals surface area contributed by atoms with Crippen LogP contribution in [0.4, 0.5) is 5.00 Å². The Morgan fingerprint density at radius 3 is 2.85 bits per heavy atom. The largest absolute Gasteiger partial charge is 0.360 e.